The molecule has 1 atom stereocenters. The van der Waals surface area contributed by atoms with Crippen LogP contribution >= 0.6 is 0 Å². The topological polar surface area (TPSA) is 120 Å². The summed E-state index contributed by atoms with van der Waals surface area (Å²) >= 11 is 0. The van der Waals surface area contributed by atoms with E-state index < -0.39 is 23.6 Å². The molecule has 2 amide bonds. The third-order valence-corrected chi connectivity index (χ3v) is 1.87. The van der Waals surface area contributed by atoms with Crippen molar-refractivity contribution in [3.63, 3.8) is 0 Å². The molecular weight excluding hydrogens is 240 g/mol. The summed E-state index contributed by atoms with van der Waals surface area (Å²) in [6, 6.07) is -0.960. The van der Waals surface area contributed by atoms with Crippen LogP contribution in [0.1, 0.15) is 27.2 Å². The molecule has 104 valence electrons. The summed E-state index contributed by atoms with van der Waals surface area (Å²) < 4.78 is 4.98. The Morgan fingerprint density at radius 1 is 1.50 bits per heavy atom. The number of ether oxygens (including phenoxy) is 1. The molecule has 0 aliphatic carbocycles. The first-order valence-electron chi connectivity index (χ1n) is 5.49. The van der Waals surface area contributed by atoms with E-state index in [1.807, 2.05) is 0 Å². The van der Waals surface area contributed by atoms with Crippen molar-refractivity contribution in [1.82, 2.24) is 5.32 Å². The number of hydrogen-bond donors (Lipinski definition) is 2. The summed E-state index contributed by atoms with van der Waals surface area (Å²) in [7, 11) is 1.33. The molecule has 0 aromatic carbocycles. The van der Waals surface area contributed by atoms with E-state index in [-0.39, 0.29) is 13.0 Å². The van der Waals surface area contributed by atoms with Crippen molar-refractivity contribution < 1.29 is 19.2 Å². The Hall–Kier alpha value is -1.86. The van der Waals surface area contributed by atoms with E-state index in [9.17, 15) is 14.8 Å². The van der Waals surface area contributed by atoms with E-state index in [0.29, 0.717) is 4.86 Å². The first kappa shape index (κ1) is 16.1. The predicted molar refractivity (Wildman–Crippen MR) is 63.8 cm³/mol. The minimum absolute atomic E-state index is 0.0418. The fourth-order valence-electron chi connectivity index (χ4n) is 1.07. The van der Waals surface area contributed by atoms with Gasteiger partial charge in [-0.3, -0.25) is 4.79 Å². The molecule has 0 aliphatic rings. The average molecular weight is 260 g/mol. The van der Waals surface area contributed by atoms with Gasteiger partial charge in [0.2, 0.25) is 5.91 Å². The van der Waals surface area contributed by atoms with Crippen LogP contribution < -0.4 is 11.1 Å². The van der Waals surface area contributed by atoms with Crippen LogP contribution in [-0.4, -0.2) is 42.1 Å². The number of nitrogens with zero attached hydrogens (tertiary/aromatic N) is 2. The van der Waals surface area contributed by atoms with Gasteiger partial charge < -0.3 is 21.0 Å². The highest BCUT2D eigenvalue weighted by Gasteiger charge is 2.23. The number of primary amides is 1. The number of hydroxylamine groups is 1. The lowest BCUT2D eigenvalue weighted by Gasteiger charge is -2.21. The fourth-order valence-corrected chi connectivity index (χ4v) is 1.07. The van der Waals surface area contributed by atoms with E-state index in [1.54, 1.807) is 20.8 Å². The highest BCUT2D eigenvalue weighted by Crippen LogP contribution is 2.07. The summed E-state index contributed by atoms with van der Waals surface area (Å²) in [6.07, 6.45) is -0.688. The molecule has 18 heavy (non-hydrogen) atoms. The second-order valence-electron chi connectivity index (χ2n) is 4.67. The van der Waals surface area contributed by atoms with Gasteiger partial charge in [0.25, 0.3) is 0 Å². The Morgan fingerprint density at radius 2 is 2.06 bits per heavy atom. The molecular formula is C10H20N4O4. The smallest absolute Gasteiger partial charge is 0.408 e. The number of carbonyl (C=O) groups excluding carboxylic acids is 2. The number of alkyl carbamates (subject to hydrolysis) is 1. The van der Waals surface area contributed by atoms with Gasteiger partial charge in [0.15, 0.2) is 6.54 Å². The van der Waals surface area contributed by atoms with Crippen LogP contribution in [0, 0.1) is 5.21 Å². The van der Waals surface area contributed by atoms with Crippen molar-refractivity contribution in [3.05, 3.63) is 5.21 Å². The van der Waals surface area contributed by atoms with Crippen molar-refractivity contribution in [2.75, 3.05) is 13.6 Å². The normalized spacial score (nSPS) is 13.9. The molecule has 0 bridgehead atoms. The summed E-state index contributed by atoms with van der Waals surface area (Å²) in [5.41, 5.74) is 4.45. The molecule has 8 heteroatoms. The lowest BCUT2D eigenvalue weighted by Crippen LogP contribution is -2.47. The highest BCUT2D eigenvalue weighted by atomic mass is 16.6. The summed E-state index contributed by atoms with van der Waals surface area (Å²) in [6.45, 7) is 5.05. The number of carbonyl (C=O) groups is 2. The molecule has 0 spiro atoms. The average Bonchev–Trinajstić information content (AvgIpc) is 2.20. The second kappa shape index (κ2) is 6.77. The number of amides is 2. The monoisotopic (exact) mass is 260 g/mol. The molecule has 0 fully saturated rings. The number of hydrogen-bond acceptors (Lipinski definition) is 5. The number of azo groups is 1. The van der Waals surface area contributed by atoms with Crippen molar-refractivity contribution in [3.8, 4) is 0 Å². The first-order valence-corrected chi connectivity index (χ1v) is 5.49. The maximum atomic E-state index is 11.4. The van der Waals surface area contributed by atoms with Crippen LogP contribution in [0.2, 0.25) is 0 Å². The lowest BCUT2D eigenvalue weighted by molar-refractivity contribution is -0.529. The van der Waals surface area contributed by atoms with Crippen LogP contribution in [-0.2, 0) is 9.53 Å². The summed E-state index contributed by atoms with van der Waals surface area (Å²) in [5.74, 6) is -0.731. The van der Waals surface area contributed by atoms with Gasteiger partial charge in [0.05, 0.1) is 7.05 Å². The molecule has 0 radical (unpaired) electrons. The molecule has 0 aromatic rings. The zero-order chi connectivity index (χ0) is 14.3. The molecule has 0 unspecified atom stereocenters. The third kappa shape index (κ3) is 7.42. The Morgan fingerprint density at radius 3 is 2.44 bits per heavy atom. The zero-order valence-corrected chi connectivity index (χ0v) is 11.1. The van der Waals surface area contributed by atoms with E-state index >= 15 is 0 Å². The molecule has 0 heterocycles. The van der Waals surface area contributed by atoms with Gasteiger partial charge in [0.1, 0.15) is 11.6 Å². The van der Waals surface area contributed by atoms with Crippen LogP contribution in [0.25, 0.3) is 0 Å². The van der Waals surface area contributed by atoms with Crippen molar-refractivity contribution >= 4 is 12.0 Å². The Balaban J connectivity index is 4.37. The summed E-state index contributed by atoms with van der Waals surface area (Å²) in [4.78, 5) is 22.9. The SMILES string of the molecule is CN=[N+]([O-])CC[C@H](NC(=O)OC(C)(C)C)C(N)=O. The van der Waals surface area contributed by atoms with Crippen molar-refractivity contribution in [2.45, 2.75) is 38.8 Å². The molecule has 0 aromatic heterocycles. The molecule has 0 rings (SSSR count). The Labute approximate surface area is 106 Å². The number of rotatable bonds is 5. The maximum Gasteiger partial charge on any atom is 0.408 e. The Kier molecular flexibility index (Phi) is 6.07. The summed E-state index contributed by atoms with van der Waals surface area (Å²) in [5, 5.41) is 16.6. The first-order chi connectivity index (χ1) is 8.15. The zero-order valence-electron chi connectivity index (χ0n) is 11.1. The van der Waals surface area contributed by atoms with E-state index in [1.165, 1.54) is 7.05 Å². The van der Waals surface area contributed by atoms with Gasteiger partial charge in [-0.05, 0) is 25.9 Å². The van der Waals surface area contributed by atoms with Gasteiger partial charge in [-0.1, -0.05) is 4.86 Å². The minimum atomic E-state index is -0.960. The van der Waals surface area contributed by atoms with E-state index in [4.69, 9.17) is 10.5 Å². The number of nitrogens with two attached hydrogens (primary N) is 1. The quantitative estimate of drug-likeness (QED) is 0.421. The van der Waals surface area contributed by atoms with Gasteiger partial charge in [-0.2, -0.15) is 0 Å². The molecule has 0 saturated heterocycles. The lowest BCUT2D eigenvalue weighted by atomic mass is 10.2. The molecule has 0 aliphatic heterocycles. The fraction of sp³-hybridized carbons (Fsp3) is 0.800. The standard InChI is InChI=1S/C10H20N4O4/c1-10(2,3)18-9(16)13-7(8(11)15)5-6-14(17)12-4/h7H,5-6H2,1-4H3,(H2,11,15)(H,13,16)/t7-/m0/s1. The molecule has 0 saturated carbocycles. The van der Waals surface area contributed by atoms with Crippen LogP contribution in [0.3, 0.4) is 0 Å². The molecule has 3 N–H and O–H groups in total. The Bertz CT molecular complexity index is 335. The molecule has 8 nitrogen and oxygen atoms in total. The van der Waals surface area contributed by atoms with Gasteiger partial charge in [-0.15, -0.1) is 0 Å². The van der Waals surface area contributed by atoms with Crippen LogP contribution in [0.5, 0.6) is 0 Å². The van der Waals surface area contributed by atoms with Gasteiger partial charge in [-0.25, -0.2) is 4.79 Å². The third-order valence-electron chi connectivity index (χ3n) is 1.87. The van der Waals surface area contributed by atoms with E-state index in [2.05, 4.69) is 10.4 Å². The highest BCUT2D eigenvalue weighted by molar-refractivity contribution is 5.84. The largest absolute Gasteiger partial charge is 0.600 e. The van der Waals surface area contributed by atoms with Crippen LogP contribution in [0.15, 0.2) is 5.11 Å². The van der Waals surface area contributed by atoms with Crippen molar-refractivity contribution in [1.29, 1.82) is 0 Å². The van der Waals surface area contributed by atoms with Gasteiger partial charge >= 0.3 is 6.09 Å². The minimum Gasteiger partial charge on any atom is -0.600 e. The predicted octanol–water partition coefficient (Wildman–Crippen LogP) is 0.347. The van der Waals surface area contributed by atoms with Crippen LogP contribution in [0.4, 0.5) is 4.79 Å². The van der Waals surface area contributed by atoms with E-state index in [0.717, 1.165) is 0 Å². The maximum absolute atomic E-state index is 11.4. The number of nitrogens with one attached hydrogen (secondary N) is 1. The van der Waals surface area contributed by atoms with Crippen molar-refractivity contribution in [2.24, 2.45) is 10.8 Å². The second-order valence-corrected chi connectivity index (χ2v) is 4.67. The van der Waals surface area contributed by atoms with Gasteiger partial charge in [0, 0.05) is 6.42 Å².